The van der Waals surface area contributed by atoms with Crippen LogP contribution in [0.25, 0.3) is 0 Å². The summed E-state index contributed by atoms with van der Waals surface area (Å²) in [5.74, 6) is -0.123. The predicted octanol–water partition coefficient (Wildman–Crippen LogP) is 2.88. The Kier molecular flexibility index (Phi) is 7.41. The summed E-state index contributed by atoms with van der Waals surface area (Å²) in [7, 11) is 2.10. The fraction of sp³-hybridized carbons (Fsp3) is 0.680. The van der Waals surface area contributed by atoms with Crippen molar-refractivity contribution in [3.05, 3.63) is 29.0 Å². The largest absolute Gasteiger partial charge is 0.484 e. The number of rotatable bonds is 7. The Bertz CT molecular complexity index is 921. The van der Waals surface area contributed by atoms with Gasteiger partial charge in [0, 0.05) is 30.7 Å². The second kappa shape index (κ2) is 9.99. The van der Waals surface area contributed by atoms with E-state index in [0.717, 1.165) is 25.5 Å². The number of carbonyl (C=O) groups is 2. The SMILES string of the molecule is CC1CCC(CNC(=O)C23CCC(NC(=O)COc4ccc(Cl)c(F)c4)(CC2)CC3O)N(C)C1. The third-order valence-electron chi connectivity index (χ3n) is 8.15. The smallest absolute Gasteiger partial charge is 0.258 e. The van der Waals surface area contributed by atoms with E-state index in [1.165, 1.54) is 12.1 Å². The summed E-state index contributed by atoms with van der Waals surface area (Å²) < 4.78 is 19.0. The molecule has 34 heavy (non-hydrogen) atoms. The number of hydrogen-bond donors (Lipinski definition) is 3. The molecular formula is C25H35ClFN3O4. The zero-order valence-electron chi connectivity index (χ0n) is 19.9. The summed E-state index contributed by atoms with van der Waals surface area (Å²) in [6.45, 7) is 3.62. The molecule has 7 nitrogen and oxygen atoms in total. The first kappa shape index (κ1) is 25.2. The van der Waals surface area contributed by atoms with Crippen LogP contribution >= 0.6 is 11.6 Å². The number of fused-ring (bicyclic) bond motifs is 3. The van der Waals surface area contributed by atoms with E-state index in [2.05, 4.69) is 29.5 Å². The number of piperidine rings is 1. The number of likely N-dealkylation sites (N-methyl/N-ethyl adjacent to an activating group) is 1. The molecule has 0 aromatic heterocycles. The van der Waals surface area contributed by atoms with Crippen LogP contribution in [0.5, 0.6) is 5.75 Å². The van der Waals surface area contributed by atoms with Crippen LogP contribution in [-0.2, 0) is 9.59 Å². The van der Waals surface area contributed by atoms with E-state index in [9.17, 15) is 19.1 Å². The summed E-state index contributed by atoms with van der Waals surface area (Å²) >= 11 is 5.67. The molecule has 3 N–H and O–H groups in total. The molecule has 1 saturated heterocycles. The van der Waals surface area contributed by atoms with Crippen LogP contribution in [-0.4, -0.2) is 66.2 Å². The van der Waals surface area contributed by atoms with Gasteiger partial charge in [-0.3, -0.25) is 9.59 Å². The Hall–Kier alpha value is -1.90. The number of benzene rings is 1. The first-order chi connectivity index (χ1) is 16.1. The number of likely N-dealkylation sites (tertiary alicyclic amines) is 1. The number of nitrogens with one attached hydrogen (secondary N) is 2. The van der Waals surface area contributed by atoms with Gasteiger partial charge in [-0.1, -0.05) is 18.5 Å². The quantitative estimate of drug-likeness (QED) is 0.541. The molecule has 3 atom stereocenters. The first-order valence-electron chi connectivity index (χ1n) is 12.2. The Morgan fingerprint density at radius 2 is 2.00 bits per heavy atom. The maximum Gasteiger partial charge on any atom is 0.258 e. The Balaban J connectivity index is 1.28. The molecule has 4 aliphatic rings. The molecule has 2 amide bonds. The lowest BCUT2D eigenvalue weighted by molar-refractivity contribution is -0.156. The van der Waals surface area contributed by atoms with Gasteiger partial charge in [-0.05, 0) is 70.0 Å². The lowest BCUT2D eigenvalue weighted by Gasteiger charge is -2.55. The number of carbonyl (C=O) groups excluding carboxylic acids is 2. The fourth-order valence-electron chi connectivity index (χ4n) is 5.95. The van der Waals surface area contributed by atoms with Crippen LogP contribution in [0.15, 0.2) is 18.2 Å². The molecule has 188 valence electrons. The number of halogens is 2. The number of hydrogen-bond acceptors (Lipinski definition) is 5. The summed E-state index contributed by atoms with van der Waals surface area (Å²) in [5, 5.41) is 17.1. The predicted molar refractivity (Wildman–Crippen MR) is 127 cm³/mol. The van der Waals surface area contributed by atoms with Gasteiger partial charge in [0.15, 0.2) is 6.61 Å². The number of aliphatic hydroxyl groups is 1. The lowest BCUT2D eigenvalue weighted by atomic mass is 9.55. The third kappa shape index (κ3) is 5.19. The zero-order valence-corrected chi connectivity index (χ0v) is 20.7. The van der Waals surface area contributed by atoms with Gasteiger partial charge in [0.05, 0.1) is 16.5 Å². The van der Waals surface area contributed by atoms with Crippen LogP contribution in [0.2, 0.25) is 5.02 Å². The van der Waals surface area contributed by atoms with Crippen molar-refractivity contribution in [1.29, 1.82) is 0 Å². The van der Waals surface area contributed by atoms with Crippen molar-refractivity contribution in [2.24, 2.45) is 11.3 Å². The maximum absolute atomic E-state index is 13.6. The Morgan fingerprint density at radius 3 is 2.65 bits per heavy atom. The number of nitrogens with zero attached hydrogens (tertiary/aromatic N) is 1. The van der Waals surface area contributed by atoms with Gasteiger partial charge in [0.25, 0.3) is 5.91 Å². The molecule has 1 aromatic rings. The molecule has 3 unspecified atom stereocenters. The summed E-state index contributed by atoms with van der Waals surface area (Å²) in [6.07, 6.45) is 4.06. The van der Waals surface area contributed by atoms with Crippen molar-refractivity contribution in [3.63, 3.8) is 0 Å². The van der Waals surface area contributed by atoms with E-state index in [0.29, 0.717) is 50.6 Å². The minimum atomic E-state index is -0.814. The van der Waals surface area contributed by atoms with Crippen molar-refractivity contribution >= 4 is 23.4 Å². The molecule has 1 aliphatic heterocycles. The van der Waals surface area contributed by atoms with Crippen molar-refractivity contribution in [2.45, 2.75) is 69.6 Å². The van der Waals surface area contributed by atoms with Gasteiger partial charge >= 0.3 is 0 Å². The molecule has 5 rings (SSSR count). The highest BCUT2D eigenvalue weighted by Crippen LogP contribution is 2.52. The molecule has 1 aromatic carbocycles. The van der Waals surface area contributed by atoms with Gasteiger partial charge in [-0.15, -0.1) is 0 Å². The summed E-state index contributed by atoms with van der Waals surface area (Å²) in [5.41, 5.74) is -1.34. The van der Waals surface area contributed by atoms with Gasteiger partial charge in [0.2, 0.25) is 5.91 Å². The molecule has 9 heteroatoms. The first-order valence-corrected chi connectivity index (χ1v) is 12.6. The van der Waals surface area contributed by atoms with Crippen molar-refractivity contribution in [3.8, 4) is 5.75 Å². The van der Waals surface area contributed by atoms with Crippen LogP contribution in [0.1, 0.15) is 51.9 Å². The summed E-state index contributed by atoms with van der Waals surface area (Å²) in [6, 6.07) is 4.34. The highest BCUT2D eigenvalue weighted by atomic mass is 35.5. The third-order valence-corrected chi connectivity index (χ3v) is 8.46. The topological polar surface area (TPSA) is 90.9 Å². The van der Waals surface area contributed by atoms with E-state index in [1.54, 1.807) is 0 Å². The fourth-order valence-corrected chi connectivity index (χ4v) is 6.07. The van der Waals surface area contributed by atoms with Crippen LogP contribution in [0.3, 0.4) is 0 Å². The Morgan fingerprint density at radius 1 is 1.26 bits per heavy atom. The number of aliphatic hydroxyl groups excluding tert-OH is 1. The monoisotopic (exact) mass is 495 g/mol. The van der Waals surface area contributed by atoms with Gasteiger partial charge in [-0.25, -0.2) is 4.39 Å². The highest BCUT2D eigenvalue weighted by Gasteiger charge is 2.58. The number of ether oxygens (including phenoxy) is 1. The Labute approximate surface area is 205 Å². The molecular weight excluding hydrogens is 461 g/mol. The second-order valence-electron chi connectivity index (χ2n) is 10.6. The van der Waals surface area contributed by atoms with E-state index in [4.69, 9.17) is 16.3 Å². The standard InChI is InChI=1S/C25H35ClFN3O4/c1-16-3-4-17(30(2)14-16)13-28-23(33)25-9-7-24(8-10-25,12-21(25)31)29-22(32)15-34-18-5-6-19(26)20(27)11-18/h5-6,11,16-17,21,31H,3-4,7-10,12-15H2,1-2H3,(H,28,33)(H,29,32). The van der Waals surface area contributed by atoms with Gasteiger partial charge < -0.3 is 25.4 Å². The van der Waals surface area contributed by atoms with E-state index < -0.39 is 22.9 Å². The van der Waals surface area contributed by atoms with Crippen molar-refractivity contribution in [1.82, 2.24) is 15.5 Å². The van der Waals surface area contributed by atoms with Crippen LogP contribution < -0.4 is 15.4 Å². The van der Waals surface area contributed by atoms with E-state index in [-0.39, 0.29) is 29.2 Å². The van der Waals surface area contributed by atoms with Crippen LogP contribution in [0, 0.1) is 17.2 Å². The van der Waals surface area contributed by atoms with E-state index >= 15 is 0 Å². The minimum Gasteiger partial charge on any atom is -0.484 e. The molecule has 2 bridgehead atoms. The molecule has 3 aliphatic carbocycles. The molecule has 1 heterocycles. The van der Waals surface area contributed by atoms with Crippen molar-refractivity contribution < 1.29 is 23.8 Å². The minimum absolute atomic E-state index is 0.0121. The number of amides is 2. The van der Waals surface area contributed by atoms with Gasteiger partial charge in [-0.2, -0.15) is 0 Å². The second-order valence-corrected chi connectivity index (χ2v) is 11.0. The average Bonchev–Trinajstić information content (AvgIpc) is 2.79. The average molecular weight is 496 g/mol. The maximum atomic E-state index is 13.6. The molecule has 4 fully saturated rings. The van der Waals surface area contributed by atoms with Gasteiger partial charge in [0.1, 0.15) is 11.6 Å². The van der Waals surface area contributed by atoms with E-state index in [1.807, 2.05) is 0 Å². The van der Waals surface area contributed by atoms with Crippen molar-refractivity contribution in [2.75, 3.05) is 26.7 Å². The van der Waals surface area contributed by atoms with Crippen LogP contribution in [0.4, 0.5) is 4.39 Å². The summed E-state index contributed by atoms with van der Waals surface area (Å²) in [4.78, 5) is 28.1. The highest BCUT2D eigenvalue weighted by molar-refractivity contribution is 6.30. The zero-order chi connectivity index (χ0) is 24.5. The normalized spacial score (nSPS) is 33.4. The lowest BCUT2D eigenvalue weighted by Crippen LogP contribution is -2.66. The molecule has 3 saturated carbocycles. The molecule has 0 radical (unpaired) electrons. The molecule has 0 spiro atoms.